The van der Waals surface area contributed by atoms with E-state index < -0.39 is 0 Å². The predicted molar refractivity (Wildman–Crippen MR) is 140 cm³/mol. The highest BCUT2D eigenvalue weighted by molar-refractivity contribution is 5.95. The topological polar surface area (TPSA) is 66.0 Å². The molecular weight excluding hydrogens is 452 g/mol. The third kappa shape index (κ3) is 5.12. The summed E-state index contributed by atoms with van der Waals surface area (Å²) in [5, 5.41) is 0. The van der Waals surface area contributed by atoms with Gasteiger partial charge >= 0.3 is 0 Å². The molecule has 2 amide bonds. The Morgan fingerprint density at radius 3 is 2.39 bits per heavy atom. The van der Waals surface area contributed by atoms with Gasteiger partial charge in [0.15, 0.2) is 0 Å². The van der Waals surface area contributed by atoms with Crippen molar-refractivity contribution in [2.45, 2.75) is 52.6 Å². The molecule has 5 rings (SSSR count). The maximum absolute atomic E-state index is 13.4. The molecule has 2 unspecified atom stereocenters. The number of amides is 2. The molecule has 1 aromatic heterocycles. The zero-order valence-electron chi connectivity index (χ0n) is 22.0. The van der Waals surface area contributed by atoms with Gasteiger partial charge in [-0.15, -0.1) is 0 Å². The van der Waals surface area contributed by atoms with Crippen LogP contribution in [0.25, 0.3) is 0 Å². The number of morpholine rings is 1. The molecule has 3 heterocycles. The lowest BCUT2D eigenvalue weighted by Crippen LogP contribution is -2.37. The minimum atomic E-state index is -0.0728. The number of likely N-dealkylation sites (tertiary alicyclic amines) is 1. The summed E-state index contributed by atoms with van der Waals surface area (Å²) in [5.41, 5.74) is 2.79. The molecule has 0 radical (unpaired) electrons. The van der Waals surface area contributed by atoms with Crippen LogP contribution in [0.15, 0.2) is 42.6 Å². The summed E-state index contributed by atoms with van der Waals surface area (Å²) < 4.78 is 5.39. The fourth-order valence-electron chi connectivity index (χ4n) is 6.67. The zero-order chi connectivity index (χ0) is 25.5. The van der Waals surface area contributed by atoms with Crippen LogP contribution in [0.3, 0.4) is 0 Å². The monoisotopic (exact) mass is 490 g/mol. The number of aromatic nitrogens is 1. The lowest BCUT2D eigenvalue weighted by Gasteiger charge is -2.39. The Morgan fingerprint density at radius 2 is 1.72 bits per heavy atom. The Balaban J connectivity index is 1.20. The number of fused-ring (bicyclic) bond motifs is 2. The summed E-state index contributed by atoms with van der Waals surface area (Å²) in [5.74, 6) is 0.928. The lowest BCUT2D eigenvalue weighted by atomic mass is 9.65. The van der Waals surface area contributed by atoms with Gasteiger partial charge in [-0.1, -0.05) is 32.9 Å². The molecule has 1 saturated carbocycles. The third-order valence-corrected chi connectivity index (χ3v) is 7.97. The summed E-state index contributed by atoms with van der Waals surface area (Å²) in [4.78, 5) is 36.8. The van der Waals surface area contributed by atoms with Crippen molar-refractivity contribution in [3.05, 3.63) is 59.3 Å². The molecule has 2 bridgehead atoms. The van der Waals surface area contributed by atoms with Gasteiger partial charge in [-0.05, 0) is 59.9 Å². The highest BCUT2D eigenvalue weighted by atomic mass is 16.5. The molecule has 3 fully saturated rings. The first-order chi connectivity index (χ1) is 17.1. The van der Waals surface area contributed by atoms with Crippen molar-refractivity contribution >= 4 is 17.6 Å². The van der Waals surface area contributed by atoms with E-state index in [4.69, 9.17) is 4.74 Å². The number of carbonyl (C=O) groups excluding carboxylic acids is 2. The minimum Gasteiger partial charge on any atom is -0.378 e. The van der Waals surface area contributed by atoms with Gasteiger partial charge in [-0.2, -0.15) is 0 Å². The number of hydrogen-bond donors (Lipinski definition) is 0. The van der Waals surface area contributed by atoms with Gasteiger partial charge in [0.05, 0.1) is 18.8 Å². The first kappa shape index (κ1) is 24.8. The van der Waals surface area contributed by atoms with Crippen molar-refractivity contribution in [1.82, 2.24) is 14.8 Å². The van der Waals surface area contributed by atoms with Crippen molar-refractivity contribution in [1.29, 1.82) is 0 Å². The summed E-state index contributed by atoms with van der Waals surface area (Å²) in [6, 6.07) is 11.8. The number of carbonyl (C=O) groups is 2. The normalized spacial score (nSPS) is 25.1. The molecule has 7 heteroatoms. The number of rotatable bonds is 5. The SMILES string of the molecule is CN(Cc1ccc(C(=O)N2CC3(C)CC2CC(C)(C)C3)cc1)C(=O)c1ccc(N2CCOCC2)nc1. The van der Waals surface area contributed by atoms with Crippen LogP contribution in [-0.2, 0) is 11.3 Å². The second-order valence-electron chi connectivity index (χ2n) is 12.0. The minimum absolute atomic E-state index is 0.0728. The van der Waals surface area contributed by atoms with Gasteiger partial charge in [-0.3, -0.25) is 9.59 Å². The van der Waals surface area contributed by atoms with E-state index >= 15 is 0 Å². The Kier molecular flexibility index (Phi) is 6.54. The summed E-state index contributed by atoms with van der Waals surface area (Å²) in [6.07, 6.45) is 5.00. The number of benzene rings is 1. The average molecular weight is 491 g/mol. The van der Waals surface area contributed by atoms with Crippen molar-refractivity contribution in [2.75, 3.05) is 44.8 Å². The molecule has 2 atom stereocenters. The molecule has 0 spiro atoms. The highest BCUT2D eigenvalue weighted by Crippen LogP contribution is 2.52. The van der Waals surface area contributed by atoms with E-state index in [1.54, 1.807) is 18.1 Å². The van der Waals surface area contributed by atoms with Crippen LogP contribution in [0.1, 0.15) is 66.3 Å². The third-order valence-electron chi connectivity index (χ3n) is 7.97. The van der Waals surface area contributed by atoms with Gasteiger partial charge in [0.25, 0.3) is 11.8 Å². The summed E-state index contributed by atoms with van der Waals surface area (Å²) in [6.45, 7) is 11.3. The van der Waals surface area contributed by atoms with E-state index in [9.17, 15) is 9.59 Å². The quantitative estimate of drug-likeness (QED) is 0.628. The van der Waals surface area contributed by atoms with Crippen molar-refractivity contribution in [2.24, 2.45) is 10.8 Å². The summed E-state index contributed by atoms with van der Waals surface area (Å²) >= 11 is 0. The van der Waals surface area contributed by atoms with Crippen LogP contribution in [0.2, 0.25) is 0 Å². The second kappa shape index (κ2) is 9.51. The van der Waals surface area contributed by atoms with Crippen LogP contribution in [-0.4, -0.2) is 72.5 Å². The standard InChI is InChI=1S/C29H38N4O3/c1-28(2)15-24-16-29(3,19-28)20-33(24)27(35)22-7-5-21(6-8-22)18-31(4)26(34)23-9-10-25(30-17-23)32-11-13-36-14-12-32/h5-10,17,24H,11-16,18-20H2,1-4H3. The number of pyridine rings is 1. The maximum atomic E-state index is 13.4. The number of anilines is 1. The molecule has 192 valence electrons. The Hall–Kier alpha value is -2.93. The fourth-order valence-corrected chi connectivity index (χ4v) is 6.67. The summed E-state index contributed by atoms with van der Waals surface area (Å²) in [7, 11) is 1.80. The van der Waals surface area contributed by atoms with Crippen molar-refractivity contribution < 1.29 is 14.3 Å². The van der Waals surface area contributed by atoms with E-state index in [-0.39, 0.29) is 22.6 Å². The fraction of sp³-hybridized carbons (Fsp3) is 0.552. The van der Waals surface area contributed by atoms with E-state index in [0.29, 0.717) is 31.4 Å². The van der Waals surface area contributed by atoms with Gasteiger partial charge in [0.1, 0.15) is 5.82 Å². The van der Waals surface area contributed by atoms with Crippen LogP contribution < -0.4 is 4.90 Å². The van der Waals surface area contributed by atoms with Crippen LogP contribution in [0.5, 0.6) is 0 Å². The molecular formula is C29H38N4O3. The lowest BCUT2D eigenvalue weighted by molar-refractivity contribution is 0.0707. The zero-order valence-corrected chi connectivity index (χ0v) is 22.0. The molecule has 3 aliphatic rings. The van der Waals surface area contributed by atoms with Crippen molar-refractivity contribution in [3.8, 4) is 0 Å². The first-order valence-electron chi connectivity index (χ1n) is 13.1. The largest absolute Gasteiger partial charge is 0.378 e. The van der Waals surface area contributed by atoms with E-state index in [0.717, 1.165) is 49.4 Å². The highest BCUT2D eigenvalue weighted by Gasteiger charge is 2.51. The van der Waals surface area contributed by atoms with Gasteiger partial charge in [0, 0.05) is 51.0 Å². The van der Waals surface area contributed by atoms with E-state index in [1.165, 1.54) is 6.42 Å². The molecule has 2 aromatic rings. The van der Waals surface area contributed by atoms with Crippen molar-refractivity contribution in [3.63, 3.8) is 0 Å². The Bertz CT molecular complexity index is 1110. The number of nitrogens with zero attached hydrogens (tertiary/aromatic N) is 4. The Labute approximate surface area is 214 Å². The van der Waals surface area contributed by atoms with Gasteiger partial charge in [-0.25, -0.2) is 4.98 Å². The smallest absolute Gasteiger partial charge is 0.255 e. The molecule has 7 nitrogen and oxygen atoms in total. The van der Waals surface area contributed by atoms with E-state index in [1.807, 2.05) is 36.4 Å². The number of ether oxygens (including phenoxy) is 1. The molecule has 0 N–H and O–H groups in total. The molecule has 2 saturated heterocycles. The second-order valence-corrected chi connectivity index (χ2v) is 12.0. The van der Waals surface area contributed by atoms with E-state index in [2.05, 4.69) is 35.6 Å². The van der Waals surface area contributed by atoms with Gasteiger partial charge in [0.2, 0.25) is 0 Å². The molecule has 1 aliphatic carbocycles. The molecule has 36 heavy (non-hydrogen) atoms. The van der Waals surface area contributed by atoms with Gasteiger partial charge < -0.3 is 19.4 Å². The average Bonchev–Trinajstić information content (AvgIpc) is 3.12. The number of hydrogen-bond acceptors (Lipinski definition) is 5. The molecule has 1 aromatic carbocycles. The predicted octanol–water partition coefficient (Wildman–Crippen LogP) is 4.23. The van der Waals surface area contributed by atoms with Crippen LogP contribution >= 0.6 is 0 Å². The Morgan fingerprint density at radius 1 is 1.03 bits per heavy atom. The first-order valence-corrected chi connectivity index (χ1v) is 13.1. The van der Waals surface area contributed by atoms with Crippen LogP contribution in [0.4, 0.5) is 5.82 Å². The molecule has 2 aliphatic heterocycles. The van der Waals surface area contributed by atoms with Crippen LogP contribution in [0, 0.1) is 10.8 Å². The maximum Gasteiger partial charge on any atom is 0.255 e.